The van der Waals surface area contributed by atoms with Crippen LogP contribution in [0.3, 0.4) is 0 Å². The molecule has 0 aromatic heterocycles. The molecule has 1 aliphatic carbocycles. The van der Waals surface area contributed by atoms with Crippen LogP contribution in [-0.2, 0) is 9.59 Å². The topological polar surface area (TPSA) is 75.4 Å². The van der Waals surface area contributed by atoms with Crippen LogP contribution in [0, 0.1) is 11.3 Å². The molecule has 1 spiro atoms. The predicted octanol–water partition coefficient (Wildman–Crippen LogP) is 1.44. The van der Waals surface area contributed by atoms with Crippen LogP contribution < -0.4 is 11.1 Å². The average Bonchev–Trinajstić information content (AvgIpc) is 2.78. The Labute approximate surface area is 138 Å². The summed E-state index contributed by atoms with van der Waals surface area (Å²) in [6.45, 7) is 4.29. The van der Waals surface area contributed by atoms with Gasteiger partial charge in [0.2, 0.25) is 11.8 Å². The van der Waals surface area contributed by atoms with E-state index in [1.165, 1.54) is 0 Å². The van der Waals surface area contributed by atoms with E-state index in [1.54, 1.807) is 0 Å². The normalized spacial score (nSPS) is 38.5. The lowest BCUT2D eigenvalue weighted by Gasteiger charge is -2.44. The molecule has 6 heteroatoms. The highest BCUT2D eigenvalue weighted by molar-refractivity contribution is 5.85. The van der Waals surface area contributed by atoms with E-state index in [0.29, 0.717) is 6.42 Å². The molecule has 0 aromatic rings. The number of likely N-dealkylation sites (tertiary alicyclic amines) is 1. The Morgan fingerprint density at radius 2 is 2.09 bits per heavy atom. The molecule has 126 valence electrons. The maximum atomic E-state index is 12.9. The number of carbonyl (C=O) groups is 2. The van der Waals surface area contributed by atoms with Crippen LogP contribution in [-0.4, -0.2) is 41.9 Å². The van der Waals surface area contributed by atoms with Gasteiger partial charge in [-0.2, -0.15) is 0 Å². The highest BCUT2D eigenvalue weighted by Gasteiger charge is 2.46. The standard InChI is InChI=1S/C16H27N3O2.ClH/c1-15(17)6-3-2-5-12(15)14(21)19-8-4-7-16(11-19)9-13(20)18-10-16;/h12H,2-11,17H2,1H3,(H,18,20);1H. The van der Waals surface area contributed by atoms with Gasteiger partial charge in [-0.25, -0.2) is 0 Å². The summed E-state index contributed by atoms with van der Waals surface area (Å²) in [5, 5.41) is 2.93. The molecule has 0 radical (unpaired) electrons. The van der Waals surface area contributed by atoms with Gasteiger partial charge in [-0.05, 0) is 32.6 Å². The Balaban J connectivity index is 0.00000176. The second kappa shape index (κ2) is 6.36. The quantitative estimate of drug-likeness (QED) is 0.764. The predicted molar refractivity (Wildman–Crippen MR) is 87.7 cm³/mol. The lowest BCUT2D eigenvalue weighted by molar-refractivity contribution is -0.142. The van der Waals surface area contributed by atoms with Crippen LogP contribution in [0.2, 0.25) is 0 Å². The van der Waals surface area contributed by atoms with Gasteiger partial charge >= 0.3 is 0 Å². The minimum absolute atomic E-state index is 0. The van der Waals surface area contributed by atoms with Gasteiger partial charge in [-0.1, -0.05) is 12.8 Å². The zero-order valence-electron chi connectivity index (χ0n) is 13.4. The molecule has 0 aromatic carbocycles. The van der Waals surface area contributed by atoms with Gasteiger partial charge in [-0.15, -0.1) is 12.4 Å². The molecule has 3 N–H and O–H groups in total. The Bertz CT molecular complexity index is 455. The first-order chi connectivity index (χ1) is 9.92. The Morgan fingerprint density at radius 3 is 2.73 bits per heavy atom. The number of hydrogen-bond donors (Lipinski definition) is 2. The van der Waals surface area contributed by atoms with Crippen molar-refractivity contribution in [2.45, 2.75) is 57.4 Å². The minimum Gasteiger partial charge on any atom is -0.355 e. The summed E-state index contributed by atoms with van der Waals surface area (Å²) in [7, 11) is 0. The number of carbonyl (C=O) groups excluding carboxylic acids is 2. The van der Waals surface area contributed by atoms with E-state index in [0.717, 1.165) is 58.2 Å². The zero-order chi connectivity index (χ0) is 15.1. The van der Waals surface area contributed by atoms with Crippen LogP contribution >= 0.6 is 12.4 Å². The van der Waals surface area contributed by atoms with Crippen molar-refractivity contribution < 1.29 is 9.59 Å². The smallest absolute Gasteiger partial charge is 0.227 e. The van der Waals surface area contributed by atoms with Gasteiger partial charge in [0.1, 0.15) is 0 Å². The van der Waals surface area contributed by atoms with Gasteiger partial charge in [0.05, 0.1) is 5.92 Å². The lowest BCUT2D eigenvalue weighted by Crippen LogP contribution is -2.56. The Hall–Kier alpha value is -0.810. The van der Waals surface area contributed by atoms with E-state index >= 15 is 0 Å². The van der Waals surface area contributed by atoms with Crippen molar-refractivity contribution >= 4 is 24.2 Å². The summed E-state index contributed by atoms with van der Waals surface area (Å²) >= 11 is 0. The van der Waals surface area contributed by atoms with Crippen molar-refractivity contribution in [2.24, 2.45) is 17.1 Å². The van der Waals surface area contributed by atoms with E-state index < -0.39 is 0 Å². The van der Waals surface area contributed by atoms with E-state index in [2.05, 4.69) is 5.32 Å². The van der Waals surface area contributed by atoms with Gasteiger partial charge in [0.15, 0.2) is 0 Å². The number of nitrogens with two attached hydrogens (primary N) is 1. The summed E-state index contributed by atoms with van der Waals surface area (Å²) in [6, 6.07) is 0. The van der Waals surface area contributed by atoms with Crippen LogP contribution in [0.4, 0.5) is 0 Å². The monoisotopic (exact) mass is 329 g/mol. The Morgan fingerprint density at radius 1 is 1.32 bits per heavy atom. The third-order valence-corrected chi connectivity index (χ3v) is 5.72. The summed E-state index contributed by atoms with van der Waals surface area (Å²) in [4.78, 5) is 26.5. The number of nitrogens with zero attached hydrogens (tertiary/aromatic N) is 1. The number of halogens is 1. The van der Waals surface area contributed by atoms with Crippen molar-refractivity contribution in [2.75, 3.05) is 19.6 Å². The van der Waals surface area contributed by atoms with Crippen molar-refractivity contribution in [3.63, 3.8) is 0 Å². The van der Waals surface area contributed by atoms with Crippen molar-refractivity contribution in [3.05, 3.63) is 0 Å². The van der Waals surface area contributed by atoms with Crippen molar-refractivity contribution in [1.29, 1.82) is 0 Å². The van der Waals surface area contributed by atoms with E-state index in [4.69, 9.17) is 5.73 Å². The van der Waals surface area contributed by atoms with Gasteiger partial charge in [-0.3, -0.25) is 9.59 Å². The van der Waals surface area contributed by atoms with Crippen molar-refractivity contribution in [1.82, 2.24) is 10.2 Å². The fourth-order valence-electron chi connectivity index (χ4n) is 4.42. The first kappa shape index (κ1) is 17.5. The first-order valence-electron chi connectivity index (χ1n) is 8.26. The van der Waals surface area contributed by atoms with Crippen molar-refractivity contribution in [3.8, 4) is 0 Å². The van der Waals surface area contributed by atoms with Crippen LogP contribution in [0.5, 0.6) is 0 Å². The molecule has 3 aliphatic rings. The number of rotatable bonds is 1. The molecule has 0 bridgehead atoms. The molecule has 2 amide bonds. The van der Waals surface area contributed by atoms with Crippen LogP contribution in [0.15, 0.2) is 0 Å². The van der Waals surface area contributed by atoms with E-state index in [-0.39, 0.29) is 41.1 Å². The average molecular weight is 330 g/mol. The van der Waals surface area contributed by atoms with Gasteiger partial charge in [0.25, 0.3) is 0 Å². The molecule has 3 atom stereocenters. The fourth-order valence-corrected chi connectivity index (χ4v) is 4.42. The van der Waals surface area contributed by atoms with Crippen LogP contribution in [0.25, 0.3) is 0 Å². The van der Waals surface area contributed by atoms with Gasteiger partial charge in [0, 0.05) is 37.0 Å². The highest BCUT2D eigenvalue weighted by atomic mass is 35.5. The molecule has 5 nitrogen and oxygen atoms in total. The highest BCUT2D eigenvalue weighted by Crippen LogP contribution is 2.39. The van der Waals surface area contributed by atoms with E-state index in [9.17, 15) is 9.59 Å². The molecule has 1 saturated carbocycles. The third kappa shape index (κ3) is 3.25. The maximum Gasteiger partial charge on any atom is 0.227 e. The number of hydrogen-bond acceptors (Lipinski definition) is 3. The molecule has 2 saturated heterocycles. The van der Waals surface area contributed by atoms with Crippen LogP contribution in [0.1, 0.15) is 51.9 Å². The fraction of sp³-hybridized carbons (Fsp3) is 0.875. The minimum atomic E-state index is -0.371. The van der Waals surface area contributed by atoms with Gasteiger partial charge < -0.3 is 16.0 Å². The molecule has 3 unspecified atom stereocenters. The number of piperidine rings is 1. The second-order valence-corrected chi connectivity index (χ2v) is 7.62. The molecule has 2 heterocycles. The second-order valence-electron chi connectivity index (χ2n) is 7.62. The molecule has 3 rings (SSSR count). The zero-order valence-corrected chi connectivity index (χ0v) is 14.2. The molecular weight excluding hydrogens is 302 g/mol. The largest absolute Gasteiger partial charge is 0.355 e. The molecule has 3 fully saturated rings. The summed E-state index contributed by atoms with van der Waals surface area (Å²) in [6.07, 6.45) is 6.67. The summed E-state index contributed by atoms with van der Waals surface area (Å²) in [5.41, 5.74) is 5.99. The molecule has 22 heavy (non-hydrogen) atoms. The Kier molecular flexibility index (Phi) is 5.07. The summed E-state index contributed by atoms with van der Waals surface area (Å²) < 4.78 is 0. The first-order valence-corrected chi connectivity index (χ1v) is 8.26. The molecule has 2 aliphatic heterocycles. The third-order valence-electron chi connectivity index (χ3n) is 5.72. The lowest BCUT2D eigenvalue weighted by atomic mass is 9.73. The SMILES string of the molecule is CC1(N)CCCCC1C(=O)N1CCCC2(CNC(=O)C2)C1.Cl. The van der Waals surface area contributed by atoms with E-state index in [1.807, 2.05) is 11.8 Å². The summed E-state index contributed by atoms with van der Waals surface area (Å²) in [5.74, 6) is 0.301. The maximum absolute atomic E-state index is 12.9. The molecular formula is C16H28ClN3O2. The number of amides is 2. The number of nitrogens with one attached hydrogen (secondary N) is 1.